The zero-order valence-electron chi connectivity index (χ0n) is 14.0. The molecular formula is C18H21N3O3S. The summed E-state index contributed by atoms with van der Waals surface area (Å²) in [6, 6.07) is 3.78. The van der Waals surface area contributed by atoms with Gasteiger partial charge in [-0.2, -0.15) is 0 Å². The summed E-state index contributed by atoms with van der Waals surface area (Å²) in [6.45, 7) is 2.39. The lowest BCUT2D eigenvalue weighted by Crippen LogP contribution is -2.56. The molecule has 1 aliphatic carbocycles. The Morgan fingerprint density at radius 2 is 2.48 bits per heavy atom. The molecule has 0 N–H and O–H groups in total. The molecule has 132 valence electrons. The number of carbonyl (C=O) groups is 1. The Balaban J connectivity index is 1.44. The van der Waals surface area contributed by atoms with Gasteiger partial charge in [0.1, 0.15) is 11.4 Å². The summed E-state index contributed by atoms with van der Waals surface area (Å²) in [4.78, 5) is 22.8. The van der Waals surface area contributed by atoms with Crippen LogP contribution < -0.4 is 4.74 Å². The molecule has 0 bridgehead atoms. The van der Waals surface area contributed by atoms with E-state index in [1.54, 1.807) is 17.9 Å². The lowest BCUT2D eigenvalue weighted by Gasteiger charge is -2.43. The molecule has 1 spiro atoms. The number of hydrogen-bond donors (Lipinski definition) is 0. The van der Waals surface area contributed by atoms with Gasteiger partial charge in [-0.15, -0.1) is 11.3 Å². The van der Waals surface area contributed by atoms with Gasteiger partial charge in [0.15, 0.2) is 0 Å². The van der Waals surface area contributed by atoms with Crippen LogP contribution in [0.2, 0.25) is 0 Å². The largest absolute Gasteiger partial charge is 0.492 e. The van der Waals surface area contributed by atoms with Gasteiger partial charge in [-0.3, -0.25) is 9.78 Å². The maximum atomic E-state index is 12.7. The molecule has 2 aliphatic rings. The van der Waals surface area contributed by atoms with Gasteiger partial charge in [-0.05, 0) is 31.4 Å². The van der Waals surface area contributed by atoms with Crippen LogP contribution >= 0.6 is 11.3 Å². The molecule has 2 aromatic heterocycles. The van der Waals surface area contributed by atoms with E-state index in [0.717, 1.165) is 25.0 Å². The number of nitrogens with zero attached hydrogens (tertiary/aromatic N) is 3. The van der Waals surface area contributed by atoms with E-state index in [2.05, 4.69) is 9.97 Å². The molecule has 2 aromatic rings. The zero-order valence-corrected chi connectivity index (χ0v) is 14.8. The summed E-state index contributed by atoms with van der Waals surface area (Å²) in [6.07, 6.45) is 6.57. The lowest BCUT2D eigenvalue weighted by atomic mass is 9.89. The Morgan fingerprint density at radius 1 is 1.52 bits per heavy atom. The first-order valence-corrected chi connectivity index (χ1v) is 9.55. The number of morpholine rings is 1. The van der Waals surface area contributed by atoms with E-state index in [1.807, 2.05) is 22.4 Å². The van der Waals surface area contributed by atoms with Gasteiger partial charge < -0.3 is 14.4 Å². The highest BCUT2D eigenvalue weighted by atomic mass is 32.1. The van der Waals surface area contributed by atoms with Crippen LogP contribution in [-0.4, -0.2) is 52.7 Å². The van der Waals surface area contributed by atoms with E-state index in [4.69, 9.17) is 9.47 Å². The number of hydrogen-bond acceptors (Lipinski definition) is 6. The quantitative estimate of drug-likeness (QED) is 0.840. The predicted octanol–water partition coefficient (Wildman–Crippen LogP) is 2.63. The maximum absolute atomic E-state index is 12.7. The number of ether oxygens (including phenoxy) is 2. The van der Waals surface area contributed by atoms with Crippen LogP contribution in [0.25, 0.3) is 0 Å². The molecule has 7 heteroatoms. The predicted molar refractivity (Wildman–Crippen MR) is 93.8 cm³/mol. The van der Waals surface area contributed by atoms with Gasteiger partial charge in [0, 0.05) is 24.0 Å². The van der Waals surface area contributed by atoms with Gasteiger partial charge in [0.05, 0.1) is 37.1 Å². The fraction of sp³-hybridized carbons (Fsp3) is 0.500. The van der Waals surface area contributed by atoms with Crippen LogP contribution in [0.5, 0.6) is 5.75 Å². The van der Waals surface area contributed by atoms with Crippen molar-refractivity contribution in [3.05, 3.63) is 41.1 Å². The second-order valence-corrected chi connectivity index (χ2v) is 7.32. The summed E-state index contributed by atoms with van der Waals surface area (Å²) in [7, 11) is 0. The first-order valence-electron chi connectivity index (χ1n) is 8.61. The Kier molecular flexibility index (Phi) is 4.67. The van der Waals surface area contributed by atoms with Crippen molar-refractivity contribution in [2.45, 2.75) is 24.9 Å². The molecule has 0 unspecified atom stereocenters. The number of pyridine rings is 1. The van der Waals surface area contributed by atoms with Gasteiger partial charge >= 0.3 is 0 Å². The molecule has 1 saturated carbocycles. The Bertz CT molecular complexity index is 710. The normalized spacial score (nSPS) is 26.1. The molecular weight excluding hydrogens is 338 g/mol. The van der Waals surface area contributed by atoms with Crippen LogP contribution in [0, 0.1) is 5.92 Å². The second kappa shape index (κ2) is 7.09. The molecule has 1 amide bonds. The van der Waals surface area contributed by atoms with Gasteiger partial charge in [-0.1, -0.05) is 0 Å². The van der Waals surface area contributed by atoms with Crippen molar-refractivity contribution in [3.8, 4) is 5.75 Å². The fourth-order valence-electron chi connectivity index (χ4n) is 3.84. The number of amides is 1. The highest BCUT2D eigenvalue weighted by Gasteiger charge is 2.48. The number of thiazole rings is 1. The van der Waals surface area contributed by atoms with Crippen LogP contribution in [0.4, 0.5) is 0 Å². The fourth-order valence-corrected chi connectivity index (χ4v) is 4.36. The molecule has 4 rings (SSSR count). The molecule has 2 atom stereocenters. The molecule has 1 saturated heterocycles. The topological polar surface area (TPSA) is 64.6 Å². The van der Waals surface area contributed by atoms with Crippen molar-refractivity contribution in [1.82, 2.24) is 14.9 Å². The van der Waals surface area contributed by atoms with Crippen LogP contribution in [0.1, 0.15) is 29.8 Å². The van der Waals surface area contributed by atoms with Crippen LogP contribution in [0.3, 0.4) is 0 Å². The molecule has 0 aromatic carbocycles. The molecule has 6 nitrogen and oxygen atoms in total. The third-order valence-electron chi connectivity index (χ3n) is 5.13. The summed E-state index contributed by atoms with van der Waals surface area (Å²) in [5, 5.41) is 1.81. The van der Waals surface area contributed by atoms with E-state index in [9.17, 15) is 4.79 Å². The molecule has 2 fully saturated rings. The second-order valence-electron chi connectivity index (χ2n) is 6.60. The first-order chi connectivity index (χ1) is 12.3. The Labute approximate surface area is 150 Å². The van der Waals surface area contributed by atoms with E-state index in [-0.39, 0.29) is 17.4 Å². The third kappa shape index (κ3) is 3.39. The minimum absolute atomic E-state index is 0.00255. The zero-order chi connectivity index (χ0) is 17.1. The summed E-state index contributed by atoms with van der Waals surface area (Å²) >= 11 is 1.45. The minimum atomic E-state index is -0.299. The maximum Gasteiger partial charge on any atom is 0.273 e. The highest BCUT2D eigenvalue weighted by molar-refractivity contribution is 7.07. The summed E-state index contributed by atoms with van der Waals surface area (Å²) < 4.78 is 12.1. The van der Waals surface area contributed by atoms with Crippen LogP contribution in [0.15, 0.2) is 35.4 Å². The summed E-state index contributed by atoms with van der Waals surface area (Å²) in [5.41, 5.74) is 1.93. The number of carbonyl (C=O) groups excluding carboxylic acids is 1. The van der Waals surface area contributed by atoms with Crippen molar-refractivity contribution < 1.29 is 14.3 Å². The molecule has 0 radical (unpaired) electrons. The summed E-state index contributed by atoms with van der Waals surface area (Å²) in [5.74, 6) is 1.05. The number of aromatic nitrogens is 2. The highest BCUT2D eigenvalue weighted by Crippen LogP contribution is 2.41. The van der Waals surface area contributed by atoms with E-state index < -0.39 is 0 Å². The molecule has 25 heavy (non-hydrogen) atoms. The number of rotatable bonds is 4. The Morgan fingerprint density at radius 3 is 3.28 bits per heavy atom. The minimum Gasteiger partial charge on any atom is -0.492 e. The van der Waals surface area contributed by atoms with Gasteiger partial charge in [-0.25, -0.2) is 4.98 Å². The van der Waals surface area contributed by atoms with E-state index in [0.29, 0.717) is 32.0 Å². The van der Waals surface area contributed by atoms with Gasteiger partial charge in [0.25, 0.3) is 5.91 Å². The first kappa shape index (κ1) is 16.5. The van der Waals surface area contributed by atoms with Crippen molar-refractivity contribution in [3.63, 3.8) is 0 Å². The van der Waals surface area contributed by atoms with Gasteiger partial charge in [0.2, 0.25) is 0 Å². The average molecular weight is 359 g/mol. The monoisotopic (exact) mass is 359 g/mol. The SMILES string of the molecule is O=C(c1cscn1)N1CCO[C@]2(CCC[C@@H]2COc2cccnc2)C1. The van der Waals surface area contributed by atoms with Crippen LogP contribution in [-0.2, 0) is 4.74 Å². The van der Waals surface area contributed by atoms with E-state index in [1.165, 1.54) is 11.3 Å². The van der Waals surface area contributed by atoms with Crippen molar-refractivity contribution in [2.24, 2.45) is 5.92 Å². The third-order valence-corrected chi connectivity index (χ3v) is 5.72. The van der Waals surface area contributed by atoms with Crippen molar-refractivity contribution in [1.29, 1.82) is 0 Å². The smallest absolute Gasteiger partial charge is 0.273 e. The lowest BCUT2D eigenvalue weighted by molar-refractivity contribution is -0.126. The van der Waals surface area contributed by atoms with Crippen molar-refractivity contribution >= 4 is 17.2 Å². The standard InChI is InChI=1S/C18H21N3O3S/c22-17(16-11-25-13-20-16)21-7-8-24-18(12-21)5-1-3-14(18)10-23-15-4-2-6-19-9-15/h2,4,6,9,11,13-14H,1,3,5,7-8,10,12H2/t14-,18-/m1/s1. The average Bonchev–Trinajstić information content (AvgIpc) is 3.31. The molecule has 3 heterocycles. The molecule has 1 aliphatic heterocycles. The Hall–Kier alpha value is -1.99. The van der Waals surface area contributed by atoms with Crippen molar-refractivity contribution in [2.75, 3.05) is 26.3 Å². The van der Waals surface area contributed by atoms with E-state index >= 15 is 0 Å².